The van der Waals surface area contributed by atoms with E-state index in [1.54, 1.807) is 4.68 Å². The SMILES string of the molecule is O=[N+]([O-])c1ccc(-n2nc(C3CC3)cc2C2CC2)c(F)c1. The van der Waals surface area contributed by atoms with Gasteiger partial charge in [-0.15, -0.1) is 0 Å². The number of aromatic nitrogens is 2. The molecule has 6 heteroatoms. The summed E-state index contributed by atoms with van der Waals surface area (Å²) in [4.78, 5) is 10.1. The lowest BCUT2D eigenvalue weighted by Crippen LogP contribution is -2.04. The second-order valence-corrected chi connectivity index (χ2v) is 5.85. The van der Waals surface area contributed by atoms with E-state index in [-0.39, 0.29) is 5.69 Å². The molecule has 0 radical (unpaired) electrons. The van der Waals surface area contributed by atoms with Gasteiger partial charge in [0.05, 0.1) is 16.7 Å². The molecule has 0 bridgehead atoms. The van der Waals surface area contributed by atoms with Crippen molar-refractivity contribution >= 4 is 5.69 Å². The number of nitro groups is 1. The minimum atomic E-state index is -0.600. The topological polar surface area (TPSA) is 61.0 Å². The molecule has 2 aliphatic rings. The van der Waals surface area contributed by atoms with Crippen molar-refractivity contribution in [2.45, 2.75) is 37.5 Å². The number of halogens is 1. The standard InChI is InChI=1S/C15H14FN3O2/c16-12-7-11(19(20)21)5-6-14(12)18-15(10-3-4-10)8-13(17-18)9-1-2-9/h5-10H,1-4H2. The van der Waals surface area contributed by atoms with Crippen molar-refractivity contribution in [3.8, 4) is 5.69 Å². The third-order valence-electron chi connectivity index (χ3n) is 4.12. The third kappa shape index (κ3) is 2.20. The minimum absolute atomic E-state index is 0.237. The lowest BCUT2D eigenvalue weighted by atomic mass is 10.2. The molecule has 1 aromatic carbocycles. The van der Waals surface area contributed by atoms with Crippen molar-refractivity contribution in [3.05, 3.63) is 51.6 Å². The van der Waals surface area contributed by atoms with Crippen LogP contribution in [0.5, 0.6) is 0 Å². The number of non-ortho nitro benzene ring substituents is 1. The molecule has 2 aromatic rings. The molecule has 0 saturated heterocycles. The van der Waals surface area contributed by atoms with Gasteiger partial charge in [0.1, 0.15) is 5.69 Å². The molecule has 5 nitrogen and oxygen atoms in total. The normalized spacial score (nSPS) is 18.0. The van der Waals surface area contributed by atoms with Gasteiger partial charge in [0.2, 0.25) is 0 Å². The fourth-order valence-electron chi connectivity index (χ4n) is 2.64. The summed E-state index contributed by atoms with van der Waals surface area (Å²) in [6.07, 6.45) is 4.49. The Hall–Kier alpha value is -2.24. The van der Waals surface area contributed by atoms with E-state index in [0.717, 1.165) is 43.1 Å². The Morgan fingerprint density at radius 2 is 1.90 bits per heavy atom. The van der Waals surface area contributed by atoms with Gasteiger partial charge in [0.25, 0.3) is 5.69 Å². The lowest BCUT2D eigenvalue weighted by molar-refractivity contribution is -0.385. The van der Waals surface area contributed by atoms with E-state index in [1.165, 1.54) is 12.1 Å². The van der Waals surface area contributed by atoms with E-state index in [0.29, 0.717) is 17.5 Å². The smallest absolute Gasteiger partial charge is 0.258 e. The predicted molar refractivity (Wildman–Crippen MR) is 74.1 cm³/mol. The highest BCUT2D eigenvalue weighted by atomic mass is 19.1. The highest BCUT2D eigenvalue weighted by Gasteiger charge is 2.33. The molecule has 0 aliphatic heterocycles. The van der Waals surface area contributed by atoms with E-state index < -0.39 is 10.7 Å². The van der Waals surface area contributed by atoms with Crippen molar-refractivity contribution in [3.63, 3.8) is 0 Å². The van der Waals surface area contributed by atoms with E-state index in [2.05, 4.69) is 11.2 Å². The van der Waals surface area contributed by atoms with E-state index in [1.807, 2.05) is 0 Å². The number of rotatable bonds is 4. The maximum atomic E-state index is 14.2. The Kier molecular flexibility index (Phi) is 2.60. The molecule has 0 amide bonds. The largest absolute Gasteiger partial charge is 0.272 e. The number of nitro benzene ring substituents is 1. The Morgan fingerprint density at radius 1 is 1.19 bits per heavy atom. The van der Waals surface area contributed by atoms with Crippen molar-refractivity contribution < 1.29 is 9.31 Å². The van der Waals surface area contributed by atoms with Crippen LogP contribution in [0.15, 0.2) is 24.3 Å². The highest BCUT2D eigenvalue weighted by molar-refractivity contribution is 5.44. The summed E-state index contributed by atoms with van der Waals surface area (Å²) in [5.74, 6) is 0.348. The first kappa shape index (κ1) is 12.5. The third-order valence-corrected chi connectivity index (χ3v) is 4.12. The summed E-state index contributed by atoms with van der Waals surface area (Å²) < 4.78 is 15.9. The van der Waals surface area contributed by atoms with Gasteiger partial charge < -0.3 is 0 Å². The van der Waals surface area contributed by atoms with Gasteiger partial charge in [-0.1, -0.05) is 0 Å². The van der Waals surface area contributed by atoms with Crippen LogP contribution < -0.4 is 0 Å². The molecule has 0 N–H and O–H groups in total. The van der Waals surface area contributed by atoms with E-state index >= 15 is 0 Å². The Bertz CT molecular complexity index is 733. The van der Waals surface area contributed by atoms with Crippen molar-refractivity contribution in [1.29, 1.82) is 0 Å². The molecule has 2 fully saturated rings. The molecule has 108 valence electrons. The van der Waals surface area contributed by atoms with Gasteiger partial charge in [0.15, 0.2) is 5.82 Å². The Morgan fingerprint density at radius 3 is 2.48 bits per heavy atom. The Balaban J connectivity index is 1.80. The molecule has 1 heterocycles. The average Bonchev–Trinajstić information content (AvgIpc) is 3.37. The first-order valence-electron chi connectivity index (χ1n) is 7.17. The Labute approximate surface area is 120 Å². The van der Waals surface area contributed by atoms with Crippen molar-refractivity contribution in [2.24, 2.45) is 0 Å². The van der Waals surface area contributed by atoms with E-state index in [9.17, 15) is 14.5 Å². The average molecular weight is 287 g/mol. The lowest BCUT2D eigenvalue weighted by Gasteiger charge is -2.07. The number of hydrogen-bond donors (Lipinski definition) is 0. The van der Waals surface area contributed by atoms with Crippen LogP contribution in [-0.4, -0.2) is 14.7 Å². The van der Waals surface area contributed by atoms with Crippen LogP contribution in [0.25, 0.3) is 5.69 Å². The summed E-state index contributed by atoms with van der Waals surface area (Å²) in [7, 11) is 0. The molecule has 21 heavy (non-hydrogen) atoms. The first-order chi connectivity index (χ1) is 10.1. The summed E-state index contributed by atoms with van der Waals surface area (Å²) in [5, 5.41) is 15.3. The fourth-order valence-corrected chi connectivity index (χ4v) is 2.64. The van der Waals surface area contributed by atoms with Gasteiger partial charge >= 0.3 is 0 Å². The summed E-state index contributed by atoms with van der Waals surface area (Å²) in [5.41, 5.74) is 2.12. The first-order valence-corrected chi connectivity index (χ1v) is 7.17. The maximum absolute atomic E-state index is 14.2. The van der Waals surface area contributed by atoms with Gasteiger partial charge in [-0.2, -0.15) is 5.10 Å². The molecular formula is C15H14FN3O2. The molecule has 0 atom stereocenters. The molecule has 0 unspecified atom stereocenters. The van der Waals surface area contributed by atoms with Crippen LogP contribution in [0.2, 0.25) is 0 Å². The zero-order valence-corrected chi connectivity index (χ0v) is 11.3. The number of hydrogen-bond acceptors (Lipinski definition) is 3. The molecule has 1 aromatic heterocycles. The van der Waals surface area contributed by atoms with Crippen LogP contribution >= 0.6 is 0 Å². The quantitative estimate of drug-likeness (QED) is 0.636. The summed E-state index contributed by atoms with van der Waals surface area (Å²) in [6.45, 7) is 0. The molecule has 0 spiro atoms. The highest BCUT2D eigenvalue weighted by Crippen LogP contribution is 2.45. The maximum Gasteiger partial charge on any atom is 0.272 e. The molecule has 2 saturated carbocycles. The monoisotopic (exact) mass is 287 g/mol. The van der Waals surface area contributed by atoms with Crippen LogP contribution in [-0.2, 0) is 0 Å². The van der Waals surface area contributed by atoms with Crippen molar-refractivity contribution in [1.82, 2.24) is 9.78 Å². The predicted octanol–water partition coefficient (Wildman–Crippen LogP) is 3.67. The minimum Gasteiger partial charge on any atom is -0.258 e. The molecule has 2 aliphatic carbocycles. The summed E-state index contributed by atoms with van der Waals surface area (Å²) in [6, 6.07) is 5.82. The molecule has 4 rings (SSSR count). The van der Waals surface area contributed by atoms with Crippen LogP contribution in [0, 0.1) is 15.9 Å². The van der Waals surface area contributed by atoms with Crippen LogP contribution in [0.4, 0.5) is 10.1 Å². The van der Waals surface area contributed by atoms with E-state index in [4.69, 9.17) is 0 Å². The van der Waals surface area contributed by atoms with Gasteiger partial charge in [-0.3, -0.25) is 10.1 Å². The van der Waals surface area contributed by atoms with Gasteiger partial charge in [0, 0.05) is 23.6 Å². The zero-order chi connectivity index (χ0) is 14.6. The van der Waals surface area contributed by atoms with Gasteiger partial charge in [-0.25, -0.2) is 9.07 Å². The fraction of sp³-hybridized carbons (Fsp3) is 0.400. The number of nitrogens with zero attached hydrogens (tertiary/aromatic N) is 3. The number of benzene rings is 1. The van der Waals surface area contributed by atoms with Crippen LogP contribution in [0.1, 0.15) is 48.9 Å². The zero-order valence-electron chi connectivity index (χ0n) is 11.3. The second kappa shape index (κ2) is 4.38. The molecular weight excluding hydrogens is 273 g/mol. The summed E-state index contributed by atoms with van der Waals surface area (Å²) >= 11 is 0. The second-order valence-electron chi connectivity index (χ2n) is 5.85. The van der Waals surface area contributed by atoms with Crippen molar-refractivity contribution in [2.75, 3.05) is 0 Å². The van der Waals surface area contributed by atoms with Gasteiger partial charge in [-0.05, 0) is 37.8 Å². The van der Waals surface area contributed by atoms with Crippen LogP contribution in [0.3, 0.4) is 0 Å².